The van der Waals surface area contributed by atoms with E-state index < -0.39 is 5.60 Å². The summed E-state index contributed by atoms with van der Waals surface area (Å²) in [6.45, 7) is 12.3. The number of nitrogens with one attached hydrogen (secondary N) is 1. The molecule has 0 aliphatic carbocycles. The lowest BCUT2D eigenvalue weighted by Crippen LogP contribution is -2.46. The second-order valence-corrected chi connectivity index (χ2v) is 7.60. The van der Waals surface area contributed by atoms with E-state index in [1.165, 1.54) is 7.11 Å². The van der Waals surface area contributed by atoms with Gasteiger partial charge in [-0.15, -0.1) is 0 Å². The first kappa shape index (κ1) is 18.7. The van der Waals surface area contributed by atoms with E-state index in [0.717, 1.165) is 26.1 Å². The molecule has 22 heavy (non-hydrogen) atoms. The Hall–Kier alpha value is -1.30. The Morgan fingerprint density at radius 1 is 1.32 bits per heavy atom. The summed E-state index contributed by atoms with van der Waals surface area (Å²) in [6, 6.07) is 0.0421. The maximum Gasteiger partial charge on any atom is 0.407 e. The van der Waals surface area contributed by atoms with Crippen molar-refractivity contribution in [1.29, 1.82) is 0 Å². The topological polar surface area (TPSA) is 67.9 Å². The number of esters is 1. The zero-order valence-electron chi connectivity index (χ0n) is 14.7. The second kappa shape index (κ2) is 7.31. The molecular weight excluding hydrogens is 284 g/mol. The maximum atomic E-state index is 11.9. The van der Waals surface area contributed by atoms with Crippen LogP contribution in [0.1, 0.15) is 47.5 Å². The lowest BCUT2D eigenvalue weighted by Gasteiger charge is -2.28. The van der Waals surface area contributed by atoms with Gasteiger partial charge in [-0.05, 0) is 39.2 Å². The summed E-state index contributed by atoms with van der Waals surface area (Å²) in [6.07, 6.45) is 0.821. The molecule has 0 aromatic carbocycles. The summed E-state index contributed by atoms with van der Waals surface area (Å²) in [5, 5.41) is 2.97. The number of alkyl carbamates (subject to hydrolysis) is 1. The van der Waals surface area contributed by atoms with Crippen molar-refractivity contribution in [1.82, 2.24) is 10.2 Å². The molecule has 6 nitrogen and oxygen atoms in total. The summed E-state index contributed by atoms with van der Waals surface area (Å²) >= 11 is 0. The quantitative estimate of drug-likeness (QED) is 0.788. The van der Waals surface area contributed by atoms with Crippen LogP contribution in [0.15, 0.2) is 0 Å². The van der Waals surface area contributed by atoms with Gasteiger partial charge in [0.15, 0.2) is 0 Å². The fourth-order valence-corrected chi connectivity index (χ4v) is 2.67. The van der Waals surface area contributed by atoms with Gasteiger partial charge in [0.1, 0.15) is 5.60 Å². The Morgan fingerprint density at radius 2 is 1.95 bits per heavy atom. The molecule has 0 unspecified atom stereocenters. The molecule has 1 fully saturated rings. The van der Waals surface area contributed by atoms with E-state index in [1.54, 1.807) is 0 Å². The van der Waals surface area contributed by atoms with Crippen molar-refractivity contribution >= 4 is 12.1 Å². The van der Waals surface area contributed by atoms with E-state index in [9.17, 15) is 9.59 Å². The minimum atomic E-state index is -0.493. The van der Waals surface area contributed by atoms with Gasteiger partial charge < -0.3 is 19.7 Å². The molecule has 1 amide bonds. The normalized spacial score (nSPS) is 21.5. The molecule has 0 bridgehead atoms. The van der Waals surface area contributed by atoms with Crippen LogP contribution in [0.25, 0.3) is 0 Å². The number of hydrogen-bond acceptors (Lipinski definition) is 5. The zero-order chi connectivity index (χ0) is 17.0. The monoisotopic (exact) mass is 314 g/mol. The molecule has 1 aliphatic rings. The van der Waals surface area contributed by atoms with Gasteiger partial charge in [-0.3, -0.25) is 4.79 Å². The summed E-state index contributed by atoms with van der Waals surface area (Å²) in [5.74, 6) is -0.179. The van der Waals surface area contributed by atoms with Crippen molar-refractivity contribution in [2.45, 2.75) is 59.1 Å². The van der Waals surface area contributed by atoms with Crippen LogP contribution in [0.2, 0.25) is 0 Å². The van der Waals surface area contributed by atoms with Crippen molar-refractivity contribution in [3.63, 3.8) is 0 Å². The van der Waals surface area contributed by atoms with Crippen LogP contribution < -0.4 is 5.32 Å². The van der Waals surface area contributed by atoms with Crippen LogP contribution in [0.4, 0.5) is 4.79 Å². The number of hydrogen-bond donors (Lipinski definition) is 1. The minimum absolute atomic E-state index is 0.0256. The van der Waals surface area contributed by atoms with Crippen molar-refractivity contribution in [2.24, 2.45) is 5.41 Å². The van der Waals surface area contributed by atoms with Crippen molar-refractivity contribution in [3.8, 4) is 0 Å². The molecule has 0 aromatic heterocycles. The highest BCUT2D eigenvalue weighted by molar-refractivity contribution is 5.69. The Balaban J connectivity index is 2.45. The highest BCUT2D eigenvalue weighted by Crippen LogP contribution is 2.30. The highest BCUT2D eigenvalue weighted by Gasteiger charge is 2.40. The Bertz CT molecular complexity index is 401. The molecule has 1 rings (SSSR count). The zero-order valence-corrected chi connectivity index (χ0v) is 14.7. The first-order valence-electron chi connectivity index (χ1n) is 7.82. The third-order valence-corrected chi connectivity index (χ3v) is 3.79. The molecule has 1 heterocycles. The van der Waals surface area contributed by atoms with E-state index >= 15 is 0 Å². The highest BCUT2D eigenvalue weighted by atomic mass is 16.6. The second-order valence-electron chi connectivity index (χ2n) is 7.60. The Morgan fingerprint density at radius 3 is 2.50 bits per heavy atom. The van der Waals surface area contributed by atoms with Crippen LogP contribution in [0.5, 0.6) is 0 Å². The predicted octanol–water partition coefficient (Wildman–Crippen LogP) is 2.17. The standard InChI is InChI=1S/C16H30N2O4/c1-15(2,3)22-14(20)17-12-10-18(11-16(12,4)5)9-7-8-13(19)21-6/h12H,7-11H2,1-6H3,(H,17,20)/t12-/m0/s1. The predicted molar refractivity (Wildman–Crippen MR) is 84.6 cm³/mol. The van der Waals surface area contributed by atoms with Gasteiger partial charge in [0, 0.05) is 19.5 Å². The van der Waals surface area contributed by atoms with E-state index in [-0.39, 0.29) is 23.5 Å². The van der Waals surface area contributed by atoms with Gasteiger partial charge in [-0.1, -0.05) is 13.8 Å². The average Bonchev–Trinajstić information content (AvgIpc) is 2.61. The number of likely N-dealkylation sites (tertiary alicyclic amines) is 1. The van der Waals surface area contributed by atoms with Crippen LogP contribution in [0, 0.1) is 5.41 Å². The largest absolute Gasteiger partial charge is 0.469 e. The van der Waals surface area contributed by atoms with Crippen LogP contribution >= 0.6 is 0 Å². The van der Waals surface area contributed by atoms with Crippen LogP contribution in [-0.2, 0) is 14.3 Å². The molecular formula is C16H30N2O4. The molecule has 0 saturated carbocycles. The molecule has 0 aromatic rings. The summed E-state index contributed by atoms with van der Waals surface area (Å²) in [5.41, 5.74) is -0.519. The third-order valence-electron chi connectivity index (χ3n) is 3.79. The van der Waals surface area contributed by atoms with E-state index in [0.29, 0.717) is 6.42 Å². The lowest BCUT2D eigenvalue weighted by atomic mass is 9.88. The summed E-state index contributed by atoms with van der Waals surface area (Å²) < 4.78 is 9.97. The minimum Gasteiger partial charge on any atom is -0.469 e. The fraction of sp³-hybridized carbons (Fsp3) is 0.875. The Kier molecular flexibility index (Phi) is 6.23. The molecule has 128 valence electrons. The van der Waals surface area contributed by atoms with Gasteiger partial charge in [0.25, 0.3) is 0 Å². The maximum absolute atomic E-state index is 11.9. The lowest BCUT2D eigenvalue weighted by molar-refractivity contribution is -0.140. The summed E-state index contributed by atoms with van der Waals surface area (Å²) in [4.78, 5) is 25.3. The number of methoxy groups -OCH3 is 1. The van der Waals surface area contributed by atoms with Gasteiger partial charge in [0.05, 0.1) is 13.2 Å². The van der Waals surface area contributed by atoms with Crippen molar-refractivity contribution < 1.29 is 19.1 Å². The first-order chi connectivity index (χ1) is 10.0. The first-order valence-corrected chi connectivity index (χ1v) is 7.82. The van der Waals surface area contributed by atoms with Crippen molar-refractivity contribution in [2.75, 3.05) is 26.7 Å². The van der Waals surface area contributed by atoms with Crippen molar-refractivity contribution in [3.05, 3.63) is 0 Å². The molecule has 1 N–H and O–H groups in total. The number of amides is 1. The van der Waals surface area contributed by atoms with Crippen LogP contribution in [-0.4, -0.2) is 55.3 Å². The number of carbonyl (C=O) groups is 2. The van der Waals surface area contributed by atoms with E-state index in [2.05, 4.69) is 28.8 Å². The SMILES string of the molecule is COC(=O)CCCN1C[C@H](NC(=O)OC(C)(C)C)C(C)(C)C1. The third kappa shape index (κ3) is 6.22. The average molecular weight is 314 g/mol. The molecule has 1 saturated heterocycles. The van der Waals surface area contributed by atoms with Gasteiger partial charge >= 0.3 is 12.1 Å². The molecule has 0 spiro atoms. The van der Waals surface area contributed by atoms with E-state index in [1.807, 2.05) is 20.8 Å². The van der Waals surface area contributed by atoms with Gasteiger partial charge in [-0.2, -0.15) is 0 Å². The number of carbonyl (C=O) groups excluding carboxylic acids is 2. The summed E-state index contributed by atoms with van der Waals surface area (Å²) in [7, 11) is 1.40. The Labute approximate surface area is 133 Å². The molecule has 1 atom stereocenters. The van der Waals surface area contributed by atoms with Gasteiger partial charge in [-0.25, -0.2) is 4.79 Å². The molecule has 1 aliphatic heterocycles. The molecule has 6 heteroatoms. The number of ether oxygens (including phenoxy) is 2. The molecule has 0 radical (unpaired) electrons. The van der Waals surface area contributed by atoms with E-state index in [4.69, 9.17) is 4.74 Å². The van der Waals surface area contributed by atoms with Gasteiger partial charge in [0.2, 0.25) is 0 Å². The number of nitrogens with zero attached hydrogens (tertiary/aromatic N) is 1. The smallest absolute Gasteiger partial charge is 0.407 e. The fourth-order valence-electron chi connectivity index (χ4n) is 2.67. The number of rotatable bonds is 5. The van der Waals surface area contributed by atoms with Crippen LogP contribution in [0.3, 0.4) is 0 Å².